The quantitative estimate of drug-likeness (QED) is 0.805. The molecule has 0 N–H and O–H groups in total. The van der Waals surface area contributed by atoms with Gasteiger partial charge in [0, 0.05) is 4.47 Å². The average Bonchev–Trinajstić information content (AvgIpc) is 2.70. The lowest BCUT2D eigenvalue weighted by Gasteiger charge is -2.10. The Bertz CT molecular complexity index is 382. The Balaban J connectivity index is 2.13. The third-order valence-corrected chi connectivity index (χ3v) is 3.26. The topological polar surface area (TPSA) is 35.5 Å². The number of Topliss-reactive ketones (excluding diaryl/α,β-unsaturated/α-hetero) is 1. The molecule has 1 saturated heterocycles. The maximum Gasteiger partial charge on any atom is 0.170 e. The first-order valence-corrected chi connectivity index (χ1v) is 6.06. The fourth-order valence-corrected chi connectivity index (χ4v) is 2.52. The summed E-state index contributed by atoms with van der Waals surface area (Å²) >= 11 is 9.29. The van der Waals surface area contributed by atoms with E-state index in [-0.39, 0.29) is 12.2 Å². The molecule has 5 heteroatoms. The van der Waals surface area contributed by atoms with Gasteiger partial charge in [0.1, 0.15) is 0 Å². The van der Waals surface area contributed by atoms with Crippen LogP contribution < -0.4 is 0 Å². The van der Waals surface area contributed by atoms with Gasteiger partial charge >= 0.3 is 0 Å². The van der Waals surface area contributed by atoms with Gasteiger partial charge in [0.05, 0.1) is 30.2 Å². The molecule has 0 unspecified atom stereocenters. The van der Waals surface area contributed by atoms with Crippen molar-refractivity contribution in [2.75, 3.05) is 13.2 Å². The summed E-state index contributed by atoms with van der Waals surface area (Å²) < 4.78 is 11.1. The highest BCUT2D eigenvalue weighted by Gasteiger charge is 2.23. The molecule has 1 aliphatic rings. The van der Waals surface area contributed by atoms with E-state index in [0.717, 1.165) is 0 Å². The molecule has 0 atom stereocenters. The van der Waals surface area contributed by atoms with E-state index < -0.39 is 6.29 Å². The van der Waals surface area contributed by atoms with Crippen LogP contribution in [-0.4, -0.2) is 25.3 Å². The minimum absolute atomic E-state index is 0.0793. The van der Waals surface area contributed by atoms with E-state index in [4.69, 9.17) is 21.1 Å². The minimum atomic E-state index is -0.435. The van der Waals surface area contributed by atoms with Crippen LogP contribution in [0.2, 0.25) is 5.02 Å². The molecule has 0 spiro atoms. The Labute approximate surface area is 107 Å². The molecule has 1 heterocycles. The maximum absolute atomic E-state index is 12.0. The Kier molecular flexibility index (Phi) is 3.97. The van der Waals surface area contributed by atoms with E-state index >= 15 is 0 Å². The summed E-state index contributed by atoms with van der Waals surface area (Å²) in [6.07, 6.45) is -0.238. The molecule has 0 amide bonds. The van der Waals surface area contributed by atoms with Crippen molar-refractivity contribution in [1.29, 1.82) is 0 Å². The summed E-state index contributed by atoms with van der Waals surface area (Å²) in [4.78, 5) is 12.0. The van der Waals surface area contributed by atoms with Crippen molar-refractivity contribution in [2.45, 2.75) is 12.7 Å². The monoisotopic (exact) mass is 304 g/mol. The normalized spacial score (nSPS) is 16.6. The van der Waals surface area contributed by atoms with Crippen molar-refractivity contribution in [3.8, 4) is 0 Å². The molecule has 0 radical (unpaired) electrons. The van der Waals surface area contributed by atoms with Gasteiger partial charge in [0.15, 0.2) is 12.1 Å². The van der Waals surface area contributed by atoms with Crippen LogP contribution in [-0.2, 0) is 9.47 Å². The van der Waals surface area contributed by atoms with Crippen LogP contribution in [0.25, 0.3) is 0 Å². The number of halogens is 2. The number of carbonyl (C=O) groups excluding carboxylic acids is 1. The van der Waals surface area contributed by atoms with Gasteiger partial charge < -0.3 is 9.47 Å². The molecule has 1 aromatic rings. The van der Waals surface area contributed by atoms with Crippen molar-refractivity contribution in [2.24, 2.45) is 0 Å². The maximum atomic E-state index is 12.0. The Morgan fingerprint density at radius 2 is 2.12 bits per heavy atom. The highest BCUT2D eigenvalue weighted by molar-refractivity contribution is 9.10. The summed E-state index contributed by atoms with van der Waals surface area (Å²) in [5, 5.41) is 0.442. The van der Waals surface area contributed by atoms with Crippen LogP contribution in [0, 0.1) is 0 Å². The zero-order valence-corrected chi connectivity index (χ0v) is 10.8. The molecule has 2 rings (SSSR count). The smallest absolute Gasteiger partial charge is 0.170 e. The summed E-state index contributed by atoms with van der Waals surface area (Å²) in [7, 11) is 0. The summed E-state index contributed by atoms with van der Waals surface area (Å²) in [6, 6.07) is 5.26. The highest BCUT2D eigenvalue weighted by Crippen LogP contribution is 2.27. The van der Waals surface area contributed by atoms with Gasteiger partial charge in [-0.3, -0.25) is 4.79 Å². The van der Waals surface area contributed by atoms with E-state index in [1.54, 1.807) is 18.2 Å². The average molecular weight is 306 g/mol. The molecule has 0 saturated carbocycles. The number of ketones is 1. The minimum Gasteiger partial charge on any atom is -0.350 e. The second kappa shape index (κ2) is 5.27. The number of benzene rings is 1. The molecule has 1 aromatic carbocycles. The fourth-order valence-electron chi connectivity index (χ4n) is 1.54. The van der Waals surface area contributed by atoms with Gasteiger partial charge in [-0.05, 0) is 28.1 Å². The van der Waals surface area contributed by atoms with Crippen molar-refractivity contribution in [1.82, 2.24) is 0 Å². The molecule has 16 heavy (non-hydrogen) atoms. The van der Waals surface area contributed by atoms with Gasteiger partial charge in [-0.25, -0.2) is 0 Å². The van der Waals surface area contributed by atoms with Gasteiger partial charge in [-0.15, -0.1) is 0 Å². The van der Waals surface area contributed by atoms with Crippen molar-refractivity contribution in [3.63, 3.8) is 0 Å². The van der Waals surface area contributed by atoms with Gasteiger partial charge in [-0.1, -0.05) is 17.7 Å². The third-order valence-electron chi connectivity index (χ3n) is 2.28. The van der Waals surface area contributed by atoms with Crippen molar-refractivity contribution >= 4 is 33.3 Å². The van der Waals surface area contributed by atoms with Gasteiger partial charge in [-0.2, -0.15) is 0 Å². The second-order valence-electron chi connectivity index (χ2n) is 3.40. The zero-order valence-electron chi connectivity index (χ0n) is 8.41. The number of ether oxygens (including phenoxy) is 2. The SMILES string of the molecule is O=C(CC1OCCO1)c1c(Cl)cccc1Br. The van der Waals surface area contributed by atoms with Crippen molar-refractivity contribution < 1.29 is 14.3 Å². The molecular weight excluding hydrogens is 295 g/mol. The van der Waals surface area contributed by atoms with Crippen LogP contribution in [0.4, 0.5) is 0 Å². The lowest BCUT2D eigenvalue weighted by molar-refractivity contribution is -0.0407. The predicted octanol–water partition coefficient (Wildman–Crippen LogP) is 3.05. The number of hydrogen-bond donors (Lipinski definition) is 0. The lowest BCUT2D eigenvalue weighted by Crippen LogP contribution is -2.15. The summed E-state index contributed by atoms with van der Waals surface area (Å²) in [5.74, 6) is -0.0793. The third kappa shape index (κ3) is 2.63. The Morgan fingerprint density at radius 1 is 1.44 bits per heavy atom. The number of hydrogen-bond acceptors (Lipinski definition) is 3. The first-order chi connectivity index (χ1) is 7.68. The Morgan fingerprint density at radius 3 is 2.75 bits per heavy atom. The van der Waals surface area contributed by atoms with Crippen LogP contribution in [0.1, 0.15) is 16.8 Å². The fraction of sp³-hybridized carbons (Fsp3) is 0.364. The highest BCUT2D eigenvalue weighted by atomic mass is 79.9. The van der Waals surface area contributed by atoms with Crippen LogP contribution in [0.3, 0.4) is 0 Å². The van der Waals surface area contributed by atoms with Crippen LogP contribution in [0.15, 0.2) is 22.7 Å². The summed E-state index contributed by atoms with van der Waals surface area (Å²) in [6.45, 7) is 1.09. The first kappa shape index (κ1) is 12.0. The van der Waals surface area contributed by atoms with E-state index in [0.29, 0.717) is 28.3 Å². The molecule has 3 nitrogen and oxygen atoms in total. The first-order valence-electron chi connectivity index (χ1n) is 4.89. The van der Waals surface area contributed by atoms with E-state index in [2.05, 4.69) is 15.9 Å². The van der Waals surface area contributed by atoms with Crippen LogP contribution >= 0.6 is 27.5 Å². The van der Waals surface area contributed by atoms with Gasteiger partial charge in [0.2, 0.25) is 0 Å². The molecular formula is C11H10BrClO3. The van der Waals surface area contributed by atoms with Crippen LogP contribution in [0.5, 0.6) is 0 Å². The van der Waals surface area contributed by atoms with E-state index in [9.17, 15) is 4.79 Å². The second-order valence-corrected chi connectivity index (χ2v) is 4.66. The predicted molar refractivity (Wildman–Crippen MR) is 63.8 cm³/mol. The molecule has 1 aliphatic heterocycles. The van der Waals surface area contributed by atoms with E-state index in [1.165, 1.54) is 0 Å². The number of carbonyl (C=O) groups is 1. The largest absolute Gasteiger partial charge is 0.350 e. The summed E-state index contributed by atoms with van der Waals surface area (Å²) in [5.41, 5.74) is 0.489. The standard InChI is InChI=1S/C11H10BrClO3/c12-7-2-1-3-8(13)11(7)9(14)6-10-15-4-5-16-10/h1-3,10H,4-6H2. The van der Waals surface area contributed by atoms with E-state index in [1.807, 2.05) is 0 Å². The zero-order chi connectivity index (χ0) is 11.5. The molecule has 86 valence electrons. The molecule has 1 fully saturated rings. The molecule has 0 aromatic heterocycles. The van der Waals surface area contributed by atoms with Crippen molar-refractivity contribution in [3.05, 3.63) is 33.3 Å². The Hall–Kier alpha value is -0.420. The van der Waals surface area contributed by atoms with Gasteiger partial charge in [0.25, 0.3) is 0 Å². The molecule has 0 bridgehead atoms. The number of rotatable bonds is 3. The lowest BCUT2D eigenvalue weighted by atomic mass is 10.1. The molecule has 0 aliphatic carbocycles.